The van der Waals surface area contributed by atoms with E-state index in [1.165, 1.54) is 99.3 Å². The van der Waals surface area contributed by atoms with Crippen molar-refractivity contribution in [2.75, 3.05) is 9.80 Å². The molecule has 5 aromatic carbocycles. The summed E-state index contributed by atoms with van der Waals surface area (Å²) in [4.78, 5) is 5.10. The molecule has 0 saturated heterocycles. The van der Waals surface area contributed by atoms with E-state index in [1.54, 1.807) is 0 Å². The zero-order valence-corrected chi connectivity index (χ0v) is 24.0. The lowest BCUT2D eigenvalue weighted by Gasteiger charge is -2.45. The Balaban J connectivity index is 1.47. The van der Waals surface area contributed by atoms with Gasteiger partial charge in [-0.15, -0.1) is 0 Å². The first-order chi connectivity index (χ1) is 20.2. The van der Waals surface area contributed by atoms with Crippen molar-refractivity contribution in [1.82, 2.24) is 0 Å². The van der Waals surface area contributed by atoms with E-state index in [1.807, 2.05) is 0 Å². The van der Waals surface area contributed by atoms with Crippen LogP contribution < -0.4 is 26.2 Å². The van der Waals surface area contributed by atoms with Gasteiger partial charge in [0.2, 0.25) is 0 Å². The Morgan fingerprint density at radius 1 is 0.537 bits per heavy atom. The fourth-order valence-electron chi connectivity index (χ4n) is 7.68. The number of hydrogen-bond acceptors (Lipinski definition) is 2. The van der Waals surface area contributed by atoms with Crippen molar-refractivity contribution in [3.05, 3.63) is 126 Å². The summed E-state index contributed by atoms with van der Waals surface area (Å²) < 4.78 is 0. The number of hydrogen-bond donors (Lipinski definition) is 0. The van der Waals surface area contributed by atoms with Crippen LogP contribution in [0.25, 0.3) is 0 Å². The number of benzene rings is 5. The van der Waals surface area contributed by atoms with E-state index in [0.717, 1.165) is 0 Å². The second-order valence-corrected chi connectivity index (χ2v) is 12.2. The molecule has 5 aromatic rings. The molecule has 0 N–H and O–H groups in total. The molecule has 0 aromatic heterocycles. The Labute approximate surface area is 244 Å². The number of rotatable bonds is 3. The number of para-hydroxylation sites is 2. The van der Waals surface area contributed by atoms with Crippen molar-refractivity contribution in [3.8, 4) is 0 Å². The van der Waals surface area contributed by atoms with Crippen LogP contribution in [0, 0.1) is 13.8 Å². The lowest BCUT2D eigenvalue weighted by molar-refractivity contribution is 0.444. The summed E-state index contributed by atoms with van der Waals surface area (Å²) in [5, 5.41) is 0. The first-order valence-corrected chi connectivity index (χ1v) is 15.3. The third kappa shape index (κ3) is 3.94. The average Bonchev–Trinajstić information content (AvgIpc) is 3.01. The van der Waals surface area contributed by atoms with Crippen LogP contribution in [0.2, 0.25) is 0 Å². The fraction of sp³-hybridized carbons (Fsp3) is 0.211. The molecule has 3 aliphatic rings. The predicted octanol–water partition coefficient (Wildman–Crippen LogP) is 8.43. The van der Waals surface area contributed by atoms with Gasteiger partial charge in [0.15, 0.2) is 0 Å². The maximum atomic E-state index is 2.56. The number of nitrogens with zero attached hydrogens (tertiary/aromatic N) is 2. The quantitative estimate of drug-likeness (QED) is 0.212. The predicted molar refractivity (Wildman–Crippen MR) is 176 cm³/mol. The molecule has 41 heavy (non-hydrogen) atoms. The van der Waals surface area contributed by atoms with Gasteiger partial charge in [0.05, 0.1) is 0 Å². The molecule has 3 heteroatoms. The average molecular weight is 531 g/mol. The van der Waals surface area contributed by atoms with Gasteiger partial charge >= 0.3 is 0 Å². The van der Waals surface area contributed by atoms with E-state index in [2.05, 4.69) is 133 Å². The van der Waals surface area contributed by atoms with Crippen molar-refractivity contribution in [1.29, 1.82) is 0 Å². The van der Waals surface area contributed by atoms with Gasteiger partial charge in [-0.05, 0) is 114 Å². The monoisotopic (exact) mass is 530 g/mol. The molecule has 0 bridgehead atoms. The van der Waals surface area contributed by atoms with Gasteiger partial charge in [-0.1, -0.05) is 79.9 Å². The molecule has 200 valence electrons. The molecule has 0 atom stereocenters. The Morgan fingerprint density at radius 3 is 1.56 bits per heavy atom. The molecule has 0 radical (unpaired) electrons. The summed E-state index contributed by atoms with van der Waals surface area (Å²) >= 11 is 0. The number of aryl methyl sites for hydroxylation is 2. The molecule has 2 aliphatic heterocycles. The molecule has 0 unspecified atom stereocenters. The van der Waals surface area contributed by atoms with E-state index in [0.29, 0.717) is 5.92 Å². The summed E-state index contributed by atoms with van der Waals surface area (Å²) in [6, 6.07) is 41.3. The van der Waals surface area contributed by atoms with Gasteiger partial charge in [0.25, 0.3) is 6.71 Å². The van der Waals surface area contributed by atoms with Crippen LogP contribution in [0.3, 0.4) is 0 Å². The SMILES string of the molecule is Cc1cccc(N2c3ccccc3B3c4ccccc4N(c4cccc(C)c4)c4cc(C5CCCCC5)cc2c43)c1. The normalized spacial score (nSPS) is 15.8. The maximum Gasteiger partial charge on any atom is 0.252 e. The summed E-state index contributed by atoms with van der Waals surface area (Å²) in [5.74, 6) is 0.608. The van der Waals surface area contributed by atoms with E-state index >= 15 is 0 Å². The summed E-state index contributed by atoms with van der Waals surface area (Å²) in [6.07, 6.45) is 6.58. The first-order valence-electron chi connectivity index (χ1n) is 15.3. The zero-order valence-electron chi connectivity index (χ0n) is 24.0. The van der Waals surface area contributed by atoms with Crippen LogP contribution in [-0.2, 0) is 0 Å². The van der Waals surface area contributed by atoms with Gasteiger partial charge in [-0.25, -0.2) is 0 Å². The minimum atomic E-state index is 0.190. The lowest BCUT2D eigenvalue weighted by Crippen LogP contribution is -2.61. The highest BCUT2D eigenvalue weighted by atomic mass is 15.2. The molecule has 0 spiro atoms. The van der Waals surface area contributed by atoms with Crippen LogP contribution in [0.15, 0.2) is 109 Å². The molecule has 1 fully saturated rings. The Bertz CT molecular complexity index is 1670. The lowest BCUT2D eigenvalue weighted by atomic mass is 9.33. The van der Waals surface area contributed by atoms with Crippen LogP contribution in [0.4, 0.5) is 34.1 Å². The van der Waals surface area contributed by atoms with Crippen LogP contribution >= 0.6 is 0 Å². The highest BCUT2D eigenvalue weighted by molar-refractivity contribution is 7.00. The molecule has 2 heterocycles. The van der Waals surface area contributed by atoms with Crippen molar-refractivity contribution in [3.63, 3.8) is 0 Å². The summed E-state index contributed by atoms with van der Waals surface area (Å²) in [5.41, 5.74) is 16.0. The van der Waals surface area contributed by atoms with Gasteiger partial charge < -0.3 is 9.80 Å². The van der Waals surface area contributed by atoms with Crippen molar-refractivity contribution in [2.45, 2.75) is 51.9 Å². The fourth-order valence-corrected chi connectivity index (χ4v) is 7.68. The maximum absolute atomic E-state index is 2.56. The van der Waals surface area contributed by atoms with Crippen molar-refractivity contribution >= 4 is 57.2 Å². The molecule has 2 nitrogen and oxygen atoms in total. The van der Waals surface area contributed by atoms with E-state index in [-0.39, 0.29) is 6.71 Å². The van der Waals surface area contributed by atoms with E-state index in [9.17, 15) is 0 Å². The Kier molecular flexibility index (Phi) is 5.81. The minimum Gasteiger partial charge on any atom is -0.311 e. The number of anilines is 6. The van der Waals surface area contributed by atoms with Gasteiger partial charge in [-0.3, -0.25) is 0 Å². The second-order valence-electron chi connectivity index (χ2n) is 12.2. The topological polar surface area (TPSA) is 6.48 Å². The summed E-state index contributed by atoms with van der Waals surface area (Å²) in [6.45, 7) is 4.59. The molecule has 8 rings (SSSR count). The van der Waals surface area contributed by atoms with Crippen molar-refractivity contribution < 1.29 is 0 Å². The van der Waals surface area contributed by atoms with Crippen LogP contribution in [0.5, 0.6) is 0 Å². The Hall–Kier alpha value is -4.24. The number of fused-ring (bicyclic) bond motifs is 4. The van der Waals surface area contributed by atoms with E-state index in [4.69, 9.17) is 0 Å². The molecule has 1 saturated carbocycles. The van der Waals surface area contributed by atoms with Gasteiger partial charge in [0, 0.05) is 34.1 Å². The smallest absolute Gasteiger partial charge is 0.252 e. The zero-order chi connectivity index (χ0) is 27.5. The molecule has 1 aliphatic carbocycles. The Morgan fingerprint density at radius 2 is 1.05 bits per heavy atom. The largest absolute Gasteiger partial charge is 0.311 e. The highest BCUT2D eigenvalue weighted by Gasteiger charge is 2.43. The van der Waals surface area contributed by atoms with Crippen LogP contribution in [0.1, 0.15) is 54.7 Å². The minimum absolute atomic E-state index is 0.190. The van der Waals surface area contributed by atoms with E-state index < -0.39 is 0 Å². The molecule has 0 amide bonds. The van der Waals surface area contributed by atoms with Crippen LogP contribution in [-0.4, -0.2) is 6.71 Å². The van der Waals surface area contributed by atoms with Gasteiger partial charge in [0.1, 0.15) is 0 Å². The molecular weight excluding hydrogens is 495 g/mol. The third-order valence-corrected chi connectivity index (χ3v) is 9.50. The third-order valence-electron chi connectivity index (χ3n) is 9.50. The summed E-state index contributed by atoms with van der Waals surface area (Å²) in [7, 11) is 0. The molecular formula is C38H35BN2. The van der Waals surface area contributed by atoms with Crippen molar-refractivity contribution in [2.24, 2.45) is 0 Å². The highest BCUT2D eigenvalue weighted by Crippen LogP contribution is 2.46. The first kappa shape index (κ1) is 24.6. The van der Waals surface area contributed by atoms with Gasteiger partial charge in [-0.2, -0.15) is 0 Å². The second kappa shape index (κ2) is 9.70. The standard InChI is InChI=1S/C38H35BN2/c1-26-12-10-16-30(22-26)40-34-20-8-6-18-32(34)39-33-19-7-9-21-35(33)41(31-17-11-13-27(2)23-31)37-25-29(24-36(40)38(37)39)28-14-4-3-5-15-28/h6-13,16-25,28H,3-5,14-15H2,1-2H3.